The number of hydrogen-bond donors (Lipinski definition) is 1. The van der Waals surface area contributed by atoms with Gasteiger partial charge in [-0.15, -0.1) is 0 Å². The van der Waals surface area contributed by atoms with Crippen molar-refractivity contribution >= 4 is 33.7 Å². The number of rotatable bonds is 4. The summed E-state index contributed by atoms with van der Waals surface area (Å²) >= 11 is 1.29. The molecule has 1 aliphatic heterocycles. The van der Waals surface area contributed by atoms with Crippen LogP contribution >= 0.6 is 11.8 Å². The van der Waals surface area contributed by atoms with Gasteiger partial charge in [0.1, 0.15) is 0 Å². The minimum atomic E-state index is 0.0897. The molecule has 3 rings (SSSR count). The smallest absolute Gasteiger partial charge is 0.223 e. The molecule has 4 nitrogen and oxygen atoms in total. The van der Waals surface area contributed by atoms with Crippen molar-refractivity contribution in [1.82, 2.24) is 9.88 Å². The Morgan fingerprint density at radius 2 is 2.29 bits per heavy atom. The second-order valence-electron chi connectivity index (χ2n) is 5.42. The molecule has 1 aromatic heterocycles. The molecular formula is C16H18N2O2S. The van der Waals surface area contributed by atoms with E-state index in [9.17, 15) is 9.59 Å². The Morgan fingerprint density at radius 3 is 3.10 bits per heavy atom. The fourth-order valence-electron chi connectivity index (χ4n) is 2.78. The molecule has 0 bridgehead atoms. The Bertz CT molecular complexity index is 680. The molecule has 5 heteroatoms. The summed E-state index contributed by atoms with van der Waals surface area (Å²) in [4.78, 5) is 28.2. The van der Waals surface area contributed by atoms with Crippen molar-refractivity contribution in [2.75, 3.05) is 13.1 Å². The van der Waals surface area contributed by atoms with Crippen molar-refractivity contribution in [3.05, 3.63) is 36.0 Å². The topological polar surface area (TPSA) is 53.2 Å². The Kier molecular flexibility index (Phi) is 4.01. The van der Waals surface area contributed by atoms with Crippen LogP contribution in [0.4, 0.5) is 0 Å². The van der Waals surface area contributed by atoms with E-state index in [1.54, 1.807) is 6.92 Å². The summed E-state index contributed by atoms with van der Waals surface area (Å²) in [5.74, 6) is 0.162. The lowest BCUT2D eigenvalue weighted by atomic mass is 10.1. The Labute approximate surface area is 127 Å². The minimum Gasteiger partial charge on any atom is -0.361 e. The lowest BCUT2D eigenvalue weighted by Crippen LogP contribution is -2.27. The summed E-state index contributed by atoms with van der Waals surface area (Å²) in [6, 6.07) is 8.39. The molecule has 2 heterocycles. The van der Waals surface area contributed by atoms with Crippen LogP contribution in [0, 0.1) is 0 Å². The van der Waals surface area contributed by atoms with Crippen LogP contribution in [0.15, 0.2) is 30.5 Å². The van der Waals surface area contributed by atoms with E-state index in [2.05, 4.69) is 23.2 Å². The van der Waals surface area contributed by atoms with Crippen molar-refractivity contribution in [3.63, 3.8) is 0 Å². The maximum absolute atomic E-state index is 12.0. The summed E-state index contributed by atoms with van der Waals surface area (Å²) in [7, 11) is 0. The maximum atomic E-state index is 12.0. The highest BCUT2D eigenvalue weighted by Crippen LogP contribution is 2.24. The molecule has 1 saturated heterocycles. The monoisotopic (exact) mass is 302 g/mol. The van der Waals surface area contributed by atoms with Crippen LogP contribution in [0.25, 0.3) is 10.9 Å². The number of carbonyl (C=O) groups excluding carboxylic acids is 2. The van der Waals surface area contributed by atoms with Gasteiger partial charge in [0.25, 0.3) is 0 Å². The SMILES string of the molecule is CC(=O)SC1CC(=O)N(CCc2ccc3cc[nH]c3c2)C1. The van der Waals surface area contributed by atoms with Gasteiger partial charge < -0.3 is 9.88 Å². The summed E-state index contributed by atoms with van der Waals surface area (Å²) < 4.78 is 0. The third-order valence-electron chi connectivity index (χ3n) is 3.80. The highest BCUT2D eigenvalue weighted by molar-refractivity contribution is 8.14. The fourth-order valence-corrected chi connectivity index (χ4v) is 3.73. The molecule has 1 atom stereocenters. The molecule has 1 unspecified atom stereocenters. The van der Waals surface area contributed by atoms with E-state index < -0.39 is 0 Å². The first-order chi connectivity index (χ1) is 10.1. The van der Waals surface area contributed by atoms with Gasteiger partial charge in [-0.1, -0.05) is 23.9 Å². The van der Waals surface area contributed by atoms with Gasteiger partial charge >= 0.3 is 0 Å². The number of hydrogen-bond acceptors (Lipinski definition) is 3. The average Bonchev–Trinajstić information content (AvgIpc) is 3.01. The van der Waals surface area contributed by atoms with Crippen LogP contribution in [0.1, 0.15) is 18.9 Å². The molecule has 0 aliphatic carbocycles. The molecule has 1 fully saturated rings. The number of benzene rings is 1. The van der Waals surface area contributed by atoms with Crippen LogP contribution in [0.5, 0.6) is 0 Å². The summed E-state index contributed by atoms with van der Waals surface area (Å²) in [6.07, 6.45) is 3.26. The molecule has 1 amide bonds. The lowest BCUT2D eigenvalue weighted by molar-refractivity contribution is -0.127. The zero-order valence-corrected chi connectivity index (χ0v) is 12.8. The van der Waals surface area contributed by atoms with Crippen molar-refractivity contribution in [2.24, 2.45) is 0 Å². The first kappa shape index (κ1) is 14.2. The molecule has 21 heavy (non-hydrogen) atoms. The van der Waals surface area contributed by atoms with Crippen LogP contribution in [0.3, 0.4) is 0 Å². The largest absolute Gasteiger partial charge is 0.361 e. The Morgan fingerprint density at radius 1 is 1.43 bits per heavy atom. The van der Waals surface area contributed by atoms with E-state index in [0.717, 1.165) is 18.5 Å². The normalized spacial score (nSPS) is 18.6. The number of thioether (sulfide) groups is 1. The fraction of sp³-hybridized carbons (Fsp3) is 0.375. The second kappa shape index (κ2) is 5.93. The first-order valence-electron chi connectivity index (χ1n) is 7.13. The van der Waals surface area contributed by atoms with Gasteiger partial charge in [-0.3, -0.25) is 9.59 Å². The second-order valence-corrected chi connectivity index (χ2v) is 6.90. The van der Waals surface area contributed by atoms with Gasteiger partial charge in [-0.05, 0) is 29.5 Å². The summed E-state index contributed by atoms with van der Waals surface area (Å²) in [5.41, 5.74) is 2.35. The Balaban J connectivity index is 1.59. The van der Waals surface area contributed by atoms with Crippen LogP contribution in [0.2, 0.25) is 0 Å². The van der Waals surface area contributed by atoms with E-state index in [1.165, 1.54) is 22.7 Å². The number of likely N-dealkylation sites (tertiary alicyclic amines) is 1. The number of nitrogens with one attached hydrogen (secondary N) is 1. The van der Waals surface area contributed by atoms with E-state index in [1.807, 2.05) is 17.2 Å². The van der Waals surface area contributed by atoms with Gasteiger partial charge in [0.15, 0.2) is 5.12 Å². The molecule has 110 valence electrons. The lowest BCUT2D eigenvalue weighted by Gasteiger charge is -2.16. The van der Waals surface area contributed by atoms with E-state index in [4.69, 9.17) is 0 Å². The zero-order valence-electron chi connectivity index (χ0n) is 12.0. The molecule has 2 aromatic rings. The predicted molar refractivity (Wildman–Crippen MR) is 85.3 cm³/mol. The number of aromatic nitrogens is 1. The number of aromatic amines is 1. The van der Waals surface area contributed by atoms with E-state index >= 15 is 0 Å². The Hall–Kier alpha value is -1.75. The number of amides is 1. The predicted octanol–water partition coefficient (Wildman–Crippen LogP) is 2.59. The van der Waals surface area contributed by atoms with E-state index in [-0.39, 0.29) is 16.3 Å². The number of nitrogens with zero attached hydrogens (tertiary/aromatic N) is 1. The minimum absolute atomic E-state index is 0.0897. The highest BCUT2D eigenvalue weighted by Gasteiger charge is 2.30. The number of fused-ring (bicyclic) bond motifs is 1. The number of carbonyl (C=O) groups is 2. The molecular weight excluding hydrogens is 284 g/mol. The molecule has 1 aromatic carbocycles. The third-order valence-corrected chi connectivity index (χ3v) is 4.78. The van der Waals surface area contributed by atoms with Gasteiger partial charge in [0, 0.05) is 43.4 Å². The summed E-state index contributed by atoms with van der Waals surface area (Å²) in [5, 5.41) is 1.42. The van der Waals surface area contributed by atoms with Crippen molar-refractivity contribution in [1.29, 1.82) is 0 Å². The maximum Gasteiger partial charge on any atom is 0.223 e. The van der Waals surface area contributed by atoms with Gasteiger partial charge in [-0.25, -0.2) is 0 Å². The molecule has 0 radical (unpaired) electrons. The first-order valence-corrected chi connectivity index (χ1v) is 8.01. The van der Waals surface area contributed by atoms with E-state index in [0.29, 0.717) is 13.0 Å². The number of H-pyrrole nitrogens is 1. The van der Waals surface area contributed by atoms with Crippen LogP contribution < -0.4 is 0 Å². The molecule has 0 spiro atoms. The van der Waals surface area contributed by atoms with Crippen molar-refractivity contribution in [2.45, 2.75) is 25.0 Å². The van der Waals surface area contributed by atoms with Gasteiger partial charge in [-0.2, -0.15) is 0 Å². The molecule has 0 saturated carbocycles. The molecule has 1 aliphatic rings. The highest BCUT2D eigenvalue weighted by atomic mass is 32.2. The quantitative estimate of drug-likeness (QED) is 0.944. The van der Waals surface area contributed by atoms with Crippen molar-refractivity contribution in [3.8, 4) is 0 Å². The van der Waals surface area contributed by atoms with Gasteiger partial charge in [0.05, 0.1) is 0 Å². The molecule has 1 N–H and O–H groups in total. The van der Waals surface area contributed by atoms with Crippen LogP contribution in [-0.2, 0) is 16.0 Å². The summed E-state index contributed by atoms with van der Waals surface area (Å²) in [6.45, 7) is 2.97. The third kappa shape index (κ3) is 3.29. The van der Waals surface area contributed by atoms with Gasteiger partial charge in [0.2, 0.25) is 5.91 Å². The van der Waals surface area contributed by atoms with Crippen LogP contribution in [-0.4, -0.2) is 39.2 Å². The average molecular weight is 302 g/mol. The standard InChI is InChI=1S/C16H18N2O2S/c1-11(19)21-14-9-16(20)18(10-14)7-5-12-2-3-13-4-6-17-15(13)8-12/h2-4,6,8,14,17H,5,7,9-10H2,1H3. The zero-order chi connectivity index (χ0) is 14.8. The van der Waals surface area contributed by atoms with Crippen molar-refractivity contribution < 1.29 is 9.59 Å².